The molecule has 102 valence electrons. The van der Waals surface area contributed by atoms with Crippen molar-refractivity contribution in [2.24, 2.45) is 0 Å². The maximum atomic E-state index is 8.78. The lowest BCUT2D eigenvalue weighted by molar-refractivity contribution is 0.311. The summed E-state index contributed by atoms with van der Waals surface area (Å²) >= 11 is 0. The van der Waals surface area contributed by atoms with E-state index in [1.807, 2.05) is 0 Å². The lowest BCUT2D eigenvalue weighted by atomic mass is 10.5. The molecule has 0 saturated carbocycles. The monoisotopic (exact) mass is 254 g/mol. The lowest BCUT2D eigenvalue weighted by Gasteiger charge is -2.09. The van der Waals surface area contributed by atoms with Crippen LogP contribution < -0.4 is 16.0 Å². The van der Waals surface area contributed by atoms with E-state index < -0.39 is 0 Å². The molecular formula is C11H22N6O. The molecule has 0 atom stereocenters. The molecule has 0 aliphatic heterocycles. The van der Waals surface area contributed by atoms with Crippen molar-refractivity contribution in [2.45, 2.75) is 26.7 Å². The fraction of sp³-hybridized carbons (Fsp3) is 0.727. The van der Waals surface area contributed by atoms with Crippen molar-refractivity contribution in [3.05, 3.63) is 0 Å². The van der Waals surface area contributed by atoms with E-state index >= 15 is 0 Å². The lowest BCUT2D eigenvalue weighted by Crippen LogP contribution is -2.14. The molecule has 4 N–H and O–H groups in total. The number of hydrogen-bond donors (Lipinski definition) is 4. The van der Waals surface area contributed by atoms with Gasteiger partial charge in [-0.1, -0.05) is 13.8 Å². The molecular weight excluding hydrogens is 232 g/mol. The summed E-state index contributed by atoms with van der Waals surface area (Å²) in [6, 6.07) is 0. The molecule has 0 bridgehead atoms. The van der Waals surface area contributed by atoms with Gasteiger partial charge in [0.1, 0.15) is 0 Å². The van der Waals surface area contributed by atoms with Crippen LogP contribution in [-0.2, 0) is 0 Å². The smallest absolute Gasteiger partial charge is 0.229 e. The minimum absolute atomic E-state index is 0.0428. The summed E-state index contributed by atoms with van der Waals surface area (Å²) in [5.41, 5.74) is 0. The summed E-state index contributed by atoms with van der Waals surface area (Å²) in [5.74, 6) is 1.56. The van der Waals surface area contributed by atoms with Gasteiger partial charge in [-0.3, -0.25) is 0 Å². The number of aliphatic hydroxyl groups excluding tert-OH is 1. The van der Waals surface area contributed by atoms with Gasteiger partial charge in [0.2, 0.25) is 17.8 Å². The highest BCUT2D eigenvalue weighted by molar-refractivity contribution is 5.42. The molecule has 0 aliphatic rings. The molecule has 18 heavy (non-hydrogen) atoms. The highest BCUT2D eigenvalue weighted by Crippen LogP contribution is 2.09. The van der Waals surface area contributed by atoms with Crippen molar-refractivity contribution >= 4 is 17.8 Å². The van der Waals surface area contributed by atoms with E-state index in [-0.39, 0.29) is 6.61 Å². The van der Waals surface area contributed by atoms with Crippen LogP contribution in [-0.4, -0.2) is 46.3 Å². The summed E-state index contributed by atoms with van der Waals surface area (Å²) in [6.07, 6.45) is 2.01. The van der Waals surface area contributed by atoms with Crippen LogP contribution in [0.2, 0.25) is 0 Å². The first-order chi connectivity index (χ1) is 8.80. The van der Waals surface area contributed by atoms with Crippen LogP contribution in [0, 0.1) is 0 Å². The van der Waals surface area contributed by atoms with Crippen molar-refractivity contribution in [1.82, 2.24) is 15.0 Å². The van der Waals surface area contributed by atoms with Crippen molar-refractivity contribution in [2.75, 3.05) is 42.2 Å². The number of aromatic nitrogens is 3. The maximum Gasteiger partial charge on any atom is 0.229 e. The molecule has 0 aromatic carbocycles. The summed E-state index contributed by atoms with van der Waals surface area (Å²) < 4.78 is 0. The topological polar surface area (TPSA) is 95.0 Å². The molecule has 0 fully saturated rings. The summed E-state index contributed by atoms with van der Waals surface area (Å²) in [6.45, 7) is 6.25. The molecule has 0 aliphatic carbocycles. The fourth-order valence-corrected chi connectivity index (χ4v) is 1.25. The Morgan fingerprint density at radius 1 is 0.778 bits per heavy atom. The number of anilines is 3. The Kier molecular flexibility index (Phi) is 6.78. The van der Waals surface area contributed by atoms with Gasteiger partial charge < -0.3 is 21.1 Å². The highest BCUT2D eigenvalue weighted by Gasteiger charge is 2.05. The second-order valence-corrected chi connectivity index (χ2v) is 3.81. The van der Waals surface area contributed by atoms with Gasteiger partial charge in [-0.2, -0.15) is 15.0 Å². The maximum absolute atomic E-state index is 8.78. The largest absolute Gasteiger partial charge is 0.395 e. The minimum Gasteiger partial charge on any atom is -0.395 e. The van der Waals surface area contributed by atoms with Gasteiger partial charge in [0.25, 0.3) is 0 Å². The third kappa shape index (κ3) is 5.13. The number of nitrogens with zero attached hydrogens (tertiary/aromatic N) is 3. The molecule has 7 nitrogen and oxygen atoms in total. The van der Waals surface area contributed by atoms with E-state index in [4.69, 9.17) is 5.11 Å². The number of nitrogens with one attached hydrogen (secondary N) is 3. The van der Waals surface area contributed by atoms with Gasteiger partial charge in [-0.25, -0.2) is 0 Å². The molecule has 1 aromatic heterocycles. The predicted molar refractivity (Wildman–Crippen MR) is 73.0 cm³/mol. The van der Waals surface area contributed by atoms with Crippen molar-refractivity contribution in [3.8, 4) is 0 Å². The van der Waals surface area contributed by atoms with E-state index in [2.05, 4.69) is 44.7 Å². The second kappa shape index (κ2) is 8.46. The van der Waals surface area contributed by atoms with Crippen LogP contribution >= 0.6 is 0 Å². The Balaban J connectivity index is 2.74. The number of aliphatic hydroxyl groups is 1. The SMILES string of the molecule is CCCNc1nc(NCCC)nc(NCCO)n1. The van der Waals surface area contributed by atoms with Gasteiger partial charge in [0, 0.05) is 19.6 Å². The first-order valence-corrected chi connectivity index (χ1v) is 6.38. The molecule has 7 heteroatoms. The molecule has 1 rings (SSSR count). The molecule has 0 saturated heterocycles. The molecule has 0 unspecified atom stereocenters. The Labute approximate surface area is 107 Å². The quantitative estimate of drug-likeness (QED) is 0.520. The van der Waals surface area contributed by atoms with E-state index in [0.717, 1.165) is 25.9 Å². The summed E-state index contributed by atoms with van der Waals surface area (Å²) in [4.78, 5) is 12.7. The van der Waals surface area contributed by atoms with Gasteiger partial charge in [-0.05, 0) is 12.8 Å². The minimum atomic E-state index is 0.0428. The summed E-state index contributed by atoms with van der Waals surface area (Å²) in [7, 11) is 0. The average molecular weight is 254 g/mol. The van der Waals surface area contributed by atoms with Crippen LogP contribution in [0.5, 0.6) is 0 Å². The fourth-order valence-electron chi connectivity index (χ4n) is 1.25. The van der Waals surface area contributed by atoms with Crippen LogP contribution in [0.25, 0.3) is 0 Å². The van der Waals surface area contributed by atoms with E-state index in [9.17, 15) is 0 Å². The predicted octanol–water partition coefficient (Wildman–Crippen LogP) is 0.920. The molecule has 1 heterocycles. The second-order valence-electron chi connectivity index (χ2n) is 3.81. The molecule has 0 spiro atoms. The van der Waals surface area contributed by atoms with Crippen LogP contribution in [0.1, 0.15) is 26.7 Å². The molecule has 0 radical (unpaired) electrons. The molecule has 0 amide bonds. The highest BCUT2D eigenvalue weighted by atomic mass is 16.3. The van der Waals surface area contributed by atoms with E-state index in [0.29, 0.717) is 24.4 Å². The zero-order valence-corrected chi connectivity index (χ0v) is 11.0. The third-order valence-electron chi connectivity index (χ3n) is 2.10. The van der Waals surface area contributed by atoms with Crippen molar-refractivity contribution in [3.63, 3.8) is 0 Å². The first kappa shape index (κ1) is 14.4. The first-order valence-electron chi connectivity index (χ1n) is 6.38. The number of hydrogen-bond acceptors (Lipinski definition) is 7. The van der Waals surface area contributed by atoms with Crippen LogP contribution in [0.15, 0.2) is 0 Å². The van der Waals surface area contributed by atoms with Gasteiger partial charge in [0.15, 0.2) is 0 Å². The van der Waals surface area contributed by atoms with Crippen LogP contribution in [0.4, 0.5) is 17.8 Å². The zero-order chi connectivity index (χ0) is 13.2. The van der Waals surface area contributed by atoms with Crippen molar-refractivity contribution < 1.29 is 5.11 Å². The van der Waals surface area contributed by atoms with Gasteiger partial charge in [0.05, 0.1) is 6.61 Å². The average Bonchev–Trinajstić information content (AvgIpc) is 2.40. The molecule has 1 aromatic rings. The Bertz CT molecular complexity index is 282. The standard InChI is InChI=1S/C11H22N6O/c1-3-5-12-9-15-10(13-6-4-2)17-11(16-9)14-7-8-18/h18H,3-8H2,1-2H3,(H3,12,13,14,15,16,17). The Hall–Kier alpha value is -1.63. The van der Waals surface area contributed by atoms with E-state index in [1.54, 1.807) is 0 Å². The Morgan fingerprint density at radius 3 is 1.50 bits per heavy atom. The normalized spacial score (nSPS) is 10.2. The third-order valence-corrected chi connectivity index (χ3v) is 2.10. The summed E-state index contributed by atoms with van der Waals surface area (Å²) in [5, 5.41) is 18.0. The Morgan fingerprint density at radius 2 is 1.17 bits per heavy atom. The van der Waals surface area contributed by atoms with Gasteiger partial charge in [-0.15, -0.1) is 0 Å². The zero-order valence-electron chi connectivity index (χ0n) is 11.0. The van der Waals surface area contributed by atoms with Crippen molar-refractivity contribution in [1.29, 1.82) is 0 Å². The van der Waals surface area contributed by atoms with Crippen LogP contribution in [0.3, 0.4) is 0 Å². The van der Waals surface area contributed by atoms with Gasteiger partial charge >= 0.3 is 0 Å². The number of rotatable bonds is 9. The van der Waals surface area contributed by atoms with E-state index in [1.165, 1.54) is 0 Å².